The summed E-state index contributed by atoms with van der Waals surface area (Å²) in [4.78, 5) is 29.6. The highest BCUT2D eigenvalue weighted by molar-refractivity contribution is 5.94. The first-order valence-electron chi connectivity index (χ1n) is 9.37. The Kier molecular flexibility index (Phi) is 5.01. The molecule has 3 aromatic rings. The first-order chi connectivity index (χ1) is 13.6. The molecule has 4 rings (SSSR count). The molecule has 0 spiro atoms. The van der Waals surface area contributed by atoms with Gasteiger partial charge in [0.2, 0.25) is 5.82 Å². The van der Waals surface area contributed by atoms with Crippen molar-refractivity contribution < 1.29 is 4.79 Å². The normalized spacial score (nSPS) is 14.9. The van der Waals surface area contributed by atoms with E-state index in [-0.39, 0.29) is 11.8 Å². The van der Waals surface area contributed by atoms with E-state index >= 15 is 0 Å². The third-order valence-electron chi connectivity index (χ3n) is 5.09. The van der Waals surface area contributed by atoms with Crippen LogP contribution in [-0.2, 0) is 0 Å². The number of H-pyrrole nitrogens is 1. The van der Waals surface area contributed by atoms with Gasteiger partial charge in [-0.1, -0.05) is 0 Å². The number of rotatable bonds is 4. The number of benzene rings is 1. The molecule has 1 fully saturated rings. The zero-order chi connectivity index (χ0) is 19.5. The van der Waals surface area contributed by atoms with E-state index < -0.39 is 0 Å². The second-order valence-corrected chi connectivity index (χ2v) is 7.14. The average molecular weight is 377 g/mol. The fourth-order valence-corrected chi connectivity index (χ4v) is 3.43. The zero-order valence-electron chi connectivity index (χ0n) is 16.0. The highest BCUT2D eigenvalue weighted by Crippen LogP contribution is 2.27. The number of nitrogens with one attached hydrogen (secondary N) is 1. The van der Waals surface area contributed by atoms with E-state index in [0.717, 1.165) is 29.9 Å². The lowest BCUT2D eigenvalue weighted by molar-refractivity contribution is 0.0711. The molecule has 3 heterocycles. The van der Waals surface area contributed by atoms with E-state index in [1.165, 1.54) is 0 Å². The molecule has 1 saturated heterocycles. The number of anilines is 1. The van der Waals surface area contributed by atoms with Crippen LogP contribution in [0.25, 0.3) is 11.5 Å². The highest BCUT2D eigenvalue weighted by atomic mass is 16.2. The summed E-state index contributed by atoms with van der Waals surface area (Å²) in [5.74, 6) is 1.75. The molecule has 0 bridgehead atoms. The van der Waals surface area contributed by atoms with Crippen LogP contribution in [0.15, 0.2) is 42.9 Å². The van der Waals surface area contributed by atoms with Crippen molar-refractivity contribution in [3.8, 4) is 11.5 Å². The minimum absolute atomic E-state index is 0.0848. The van der Waals surface area contributed by atoms with E-state index in [9.17, 15) is 4.79 Å². The van der Waals surface area contributed by atoms with Gasteiger partial charge in [0.15, 0.2) is 0 Å². The van der Waals surface area contributed by atoms with Crippen LogP contribution in [0.3, 0.4) is 0 Å². The van der Waals surface area contributed by atoms with Crippen LogP contribution in [0.2, 0.25) is 0 Å². The van der Waals surface area contributed by atoms with Crippen molar-refractivity contribution in [3.05, 3.63) is 54.2 Å². The summed E-state index contributed by atoms with van der Waals surface area (Å²) in [6.07, 6.45) is 6.61. The van der Waals surface area contributed by atoms with Crippen molar-refractivity contribution in [1.29, 1.82) is 0 Å². The Morgan fingerprint density at radius 1 is 1.14 bits per heavy atom. The zero-order valence-corrected chi connectivity index (χ0v) is 16.0. The van der Waals surface area contributed by atoms with Crippen molar-refractivity contribution in [3.63, 3.8) is 0 Å². The van der Waals surface area contributed by atoms with Crippen LogP contribution >= 0.6 is 0 Å². The van der Waals surface area contributed by atoms with Gasteiger partial charge in [0, 0.05) is 56.7 Å². The van der Waals surface area contributed by atoms with Gasteiger partial charge in [-0.3, -0.25) is 14.9 Å². The number of hydrogen-bond acceptors (Lipinski definition) is 6. The van der Waals surface area contributed by atoms with Gasteiger partial charge in [0.25, 0.3) is 5.91 Å². The number of carbonyl (C=O) groups is 1. The fraction of sp³-hybridized carbons (Fsp3) is 0.350. The predicted octanol–water partition coefficient (Wildman–Crippen LogP) is 2.35. The molecular weight excluding hydrogens is 354 g/mol. The summed E-state index contributed by atoms with van der Waals surface area (Å²) < 4.78 is 0. The van der Waals surface area contributed by atoms with E-state index in [1.807, 2.05) is 48.2 Å². The van der Waals surface area contributed by atoms with E-state index in [4.69, 9.17) is 0 Å². The Morgan fingerprint density at radius 3 is 2.54 bits per heavy atom. The molecule has 28 heavy (non-hydrogen) atoms. The van der Waals surface area contributed by atoms with Crippen molar-refractivity contribution in [2.24, 2.45) is 0 Å². The lowest BCUT2D eigenvalue weighted by atomic mass is 9.95. The molecule has 8 nitrogen and oxygen atoms in total. The van der Waals surface area contributed by atoms with Crippen LogP contribution in [0.1, 0.15) is 34.9 Å². The van der Waals surface area contributed by atoms with Crippen molar-refractivity contribution in [1.82, 2.24) is 30.0 Å². The van der Waals surface area contributed by atoms with Crippen LogP contribution in [-0.4, -0.2) is 63.1 Å². The maximum absolute atomic E-state index is 12.8. The number of likely N-dealkylation sites (tertiary alicyclic amines) is 1. The SMILES string of the molecule is CN(C)c1ccc(C(=O)N2CCC(c3nc(-c4cnccn4)n[nH]3)CC2)cc1. The number of piperidine rings is 1. The summed E-state index contributed by atoms with van der Waals surface area (Å²) in [7, 11) is 3.97. The standard InChI is InChI=1S/C20H23N7O/c1-26(2)16-5-3-15(4-6-16)20(28)27-11-7-14(8-12-27)18-23-19(25-24-18)17-13-21-9-10-22-17/h3-6,9-10,13-14H,7-8,11-12H2,1-2H3,(H,23,24,25). The topological polar surface area (TPSA) is 90.9 Å². The Morgan fingerprint density at radius 2 is 1.89 bits per heavy atom. The predicted molar refractivity (Wildman–Crippen MR) is 106 cm³/mol. The maximum Gasteiger partial charge on any atom is 0.253 e. The van der Waals surface area contributed by atoms with Crippen LogP contribution in [0.4, 0.5) is 5.69 Å². The minimum atomic E-state index is 0.0848. The molecule has 0 unspecified atom stereocenters. The number of aromatic amines is 1. The molecule has 2 aromatic heterocycles. The van der Waals surface area contributed by atoms with Gasteiger partial charge >= 0.3 is 0 Å². The first kappa shape index (κ1) is 18.1. The summed E-state index contributed by atoms with van der Waals surface area (Å²) in [6, 6.07) is 7.74. The van der Waals surface area contributed by atoms with Crippen molar-refractivity contribution in [2.45, 2.75) is 18.8 Å². The van der Waals surface area contributed by atoms with Gasteiger partial charge in [-0.2, -0.15) is 5.10 Å². The Bertz CT molecular complexity index is 929. The molecule has 0 atom stereocenters. The Hall–Kier alpha value is -3.29. The average Bonchev–Trinajstić information content (AvgIpc) is 3.24. The van der Waals surface area contributed by atoms with Crippen molar-refractivity contribution >= 4 is 11.6 Å². The smallest absolute Gasteiger partial charge is 0.253 e. The fourth-order valence-electron chi connectivity index (χ4n) is 3.43. The van der Waals surface area contributed by atoms with Crippen molar-refractivity contribution in [2.75, 3.05) is 32.1 Å². The molecule has 0 aliphatic carbocycles. The molecule has 8 heteroatoms. The number of nitrogens with zero attached hydrogens (tertiary/aromatic N) is 6. The quantitative estimate of drug-likeness (QED) is 0.750. The van der Waals surface area contributed by atoms with Gasteiger partial charge in [-0.05, 0) is 37.1 Å². The van der Waals surface area contributed by atoms with Crippen LogP contribution in [0, 0.1) is 0 Å². The molecular formula is C20H23N7O. The number of hydrogen-bond donors (Lipinski definition) is 1. The van der Waals surface area contributed by atoms with E-state index in [1.54, 1.807) is 18.6 Å². The third kappa shape index (κ3) is 3.71. The molecule has 0 saturated carbocycles. The van der Waals surface area contributed by atoms with Gasteiger partial charge in [0.1, 0.15) is 11.5 Å². The van der Waals surface area contributed by atoms with Crippen LogP contribution < -0.4 is 4.90 Å². The highest BCUT2D eigenvalue weighted by Gasteiger charge is 2.26. The molecule has 144 valence electrons. The number of amides is 1. The molecule has 1 aliphatic rings. The molecule has 1 aromatic carbocycles. The number of aromatic nitrogens is 5. The van der Waals surface area contributed by atoms with E-state index in [0.29, 0.717) is 24.6 Å². The lowest BCUT2D eigenvalue weighted by Gasteiger charge is -2.31. The summed E-state index contributed by atoms with van der Waals surface area (Å²) in [6.45, 7) is 1.42. The molecule has 1 N–H and O–H groups in total. The van der Waals surface area contributed by atoms with Gasteiger partial charge in [-0.25, -0.2) is 9.97 Å². The summed E-state index contributed by atoms with van der Waals surface area (Å²) in [5, 5.41) is 7.29. The third-order valence-corrected chi connectivity index (χ3v) is 5.09. The second-order valence-electron chi connectivity index (χ2n) is 7.14. The summed E-state index contributed by atoms with van der Waals surface area (Å²) in [5.41, 5.74) is 2.46. The summed E-state index contributed by atoms with van der Waals surface area (Å²) >= 11 is 0. The minimum Gasteiger partial charge on any atom is -0.378 e. The molecule has 1 amide bonds. The Balaban J connectivity index is 1.38. The molecule has 1 aliphatic heterocycles. The maximum atomic E-state index is 12.8. The Labute approximate surface area is 163 Å². The monoisotopic (exact) mass is 377 g/mol. The van der Waals surface area contributed by atoms with E-state index in [2.05, 4.69) is 25.1 Å². The van der Waals surface area contributed by atoms with Gasteiger partial charge in [0.05, 0.1) is 6.20 Å². The largest absolute Gasteiger partial charge is 0.378 e. The van der Waals surface area contributed by atoms with Gasteiger partial charge in [-0.15, -0.1) is 0 Å². The van der Waals surface area contributed by atoms with Gasteiger partial charge < -0.3 is 9.80 Å². The lowest BCUT2D eigenvalue weighted by Crippen LogP contribution is -2.38. The number of carbonyl (C=O) groups excluding carboxylic acids is 1. The first-order valence-corrected chi connectivity index (χ1v) is 9.37. The van der Waals surface area contributed by atoms with Crippen LogP contribution in [0.5, 0.6) is 0 Å². The molecule has 0 radical (unpaired) electrons. The second kappa shape index (κ2) is 7.75.